The summed E-state index contributed by atoms with van der Waals surface area (Å²) in [7, 11) is 0. The van der Waals surface area contributed by atoms with Gasteiger partial charge in [-0.05, 0) is 124 Å². The summed E-state index contributed by atoms with van der Waals surface area (Å²) >= 11 is 22.5. The van der Waals surface area contributed by atoms with Crippen LogP contribution in [0.25, 0.3) is 21.8 Å². The van der Waals surface area contributed by atoms with Crippen molar-refractivity contribution in [3.05, 3.63) is 164 Å². The molecular formula is C76H95Cl4F3K2N14O17. The molecular weight excluding hydrogens is 1660 g/mol. The zero-order valence-electron chi connectivity index (χ0n) is 67.3. The van der Waals surface area contributed by atoms with Gasteiger partial charge in [0.1, 0.15) is 53.1 Å². The van der Waals surface area contributed by atoms with Crippen molar-refractivity contribution >= 4 is 134 Å². The molecule has 10 rings (SSSR count). The number of aliphatic carboxylic acids is 1. The largest absolute Gasteiger partial charge is 1.00 e. The van der Waals surface area contributed by atoms with E-state index in [0.29, 0.717) is 72.0 Å². The van der Waals surface area contributed by atoms with Crippen molar-refractivity contribution in [2.45, 2.75) is 156 Å². The maximum atomic E-state index is 14.3. The fourth-order valence-electron chi connectivity index (χ4n) is 11.2. The van der Waals surface area contributed by atoms with Crippen LogP contribution in [-0.4, -0.2) is 203 Å². The maximum Gasteiger partial charge on any atom is 1.00 e. The molecule has 5 heterocycles. The number of primary amides is 2. The number of nitrogens with one attached hydrogen (secondary N) is 3. The number of carbonyl (C=O) groups is 11. The molecule has 0 spiro atoms. The molecule has 0 aliphatic carbocycles. The molecule has 40 heteroatoms. The number of benzene rings is 5. The summed E-state index contributed by atoms with van der Waals surface area (Å²) in [5, 5.41) is 34.8. The molecule has 2 aromatic heterocycles. The summed E-state index contributed by atoms with van der Waals surface area (Å²) in [4.78, 5) is 137. The number of Topliss-reactive ketones (excluding diaryl/α,β-unsaturated/α-hetero) is 1. The van der Waals surface area contributed by atoms with Gasteiger partial charge >= 0.3 is 127 Å². The minimum Gasteiger partial charge on any atom is -1.00 e. The van der Waals surface area contributed by atoms with Crippen molar-refractivity contribution in [2.75, 3.05) is 58.2 Å². The van der Waals surface area contributed by atoms with Crippen molar-refractivity contribution in [1.82, 2.24) is 55.1 Å². The second-order valence-corrected chi connectivity index (χ2v) is 30.4. The van der Waals surface area contributed by atoms with Gasteiger partial charge < -0.3 is 83.6 Å². The number of carboxylic acids is 1. The van der Waals surface area contributed by atoms with Crippen LogP contribution in [-0.2, 0) is 80.5 Å². The molecule has 5 aromatic carbocycles. The topological polar surface area (TPSA) is 431 Å². The van der Waals surface area contributed by atoms with E-state index in [4.69, 9.17) is 93.0 Å². The smallest absolute Gasteiger partial charge is 1.00 e. The number of rotatable bonds is 21. The Morgan fingerprint density at radius 1 is 0.595 bits per heavy atom. The summed E-state index contributed by atoms with van der Waals surface area (Å²) in [5.74, 6) is -5.39. The van der Waals surface area contributed by atoms with Crippen LogP contribution in [0.1, 0.15) is 127 Å². The van der Waals surface area contributed by atoms with Crippen molar-refractivity contribution in [3.63, 3.8) is 0 Å². The molecule has 0 bridgehead atoms. The van der Waals surface area contributed by atoms with Crippen molar-refractivity contribution in [2.24, 2.45) is 17.2 Å². The second kappa shape index (κ2) is 49.5. The number of nitrogens with zero attached hydrogens (tertiary/aromatic N) is 8. The number of halogens is 7. The van der Waals surface area contributed by atoms with Gasteiger partial charge in [0.2, 0.25) is 17.7 Å². The Hall–Kier alpha value is -7.09. The number of carbonyl (C=O) groups excluding carboxylic acids is 10. The standard InChI is InChI=1S/C28H32ClFN6O5.C18H25ClFN3O3.C10H9Cl2FO.C10H9N3O3.C9H18N2O2.CH2O3.2K.H/c1-28(2,3)41-27(40)34-12-11-18(14-34)35(15-22(37)32-13-17-7-6-9-20(29)24(17)30)23(38)16-36-21-10-5-4-8-19(21)25(33-36)26(31)39;1-18(2,3)26-17(25)23-8-7-13(11-23)21-10-15(24)22-9-12-5-4-6-14(19)16(12)20;11-6-8(14)5-4-7-2-1-3-9(12)10(7)13;11-10(16)9-6-3-1-2-4-7(6)13(12-9)5-8(14)15;1-9(2,3)13-8(12)11-5-4-7(10)6-11;2-1-4-3;;;/h4-10,18H,11-16H2,1-3H3,(H2,31,39)(H,32,37);4-6,13,21H,7-11H2,1-3H3,(H,22,24);1-3H,4-6H2;1-4H,5H2,(H2,11,16)(H,14,15);7H,4-6,10H2,1-3H3;1,3H;;;/q;;;;;;2*+1;-1/p-1/t;13-;;;7-;;;;/m.0..1..../s1. The van der Waals surface area contributed by atoms with Crippen LogP contribution >= 0.6 is 46.4 Å². The Labute approximate surface area is 775 Å². The monoisotopic (exact) mass is 1750 g/mol. The molecule has 3 fully saturated rings. The van der Waals surface area contributed by atoms with Crippen molar-refractivity contribution in [1.29, 1.82) is 0 Å². The average molecular weight is 1750 g/mol. The first-order valence-corrected chi connectivity index (χ1v) is 37.3. The normalized spacial score (nSPS) is 14.7. The van der Waals surface area contributed by atoms with E-state index in [1.54, 1.807) is 109 Å². The van der Waals surface area contributed by atoms with E-state index in [-0.39, 0.29) is 237 Å². The summed E-state index contributed by atoms with van der Waals surface area (Å²) in [6.45, 7) is 18.2. The first-order chi connectivity index (χ1) is 53.5. The van der Waals surface area contributed by atoms with E-state index in [1.807, 2.05) is 41.5 Å². The Balaban J connectivity index is 0.000000524. The number of aromatic nitrogens is 4. The van der Waals surface area contributed by atoms with Crippen LogP contribution in [0.4, 0.5) is 27.6 Å². The number of alkyl halides is 1. The number of nitrogens with two attached hydrogens (primary N) is 3. The van der Waals surface area contributed by atoms with Gasteiger partial charge in [-0.25, -0.2) is 27.6 Å². The fourth-order valence-corrected chi connectivity index (χ4v) is 11.9. The van der Waals surface area contributed by atoms with Crippen LogP contribution in [0.15, 0.2) is 103 Å². The number of aryl methyl sites for hydroxylation is 1. The first-order valence-electron chi connectivity index (χ1n) is 35.6. The van der Waals surface area contributed by atoms with Gasteiger partial charge in [-0.1, -0.05) is 108 Å². The molecule has 1 unspecified atom stereocenters. The van der Waals surface area contributed by atoms with Crippen LogP contribution in [0.3, 0.4) is 0 Å². The van der Waals surface area contributed by atoms with E-state index < -0.39 is 76.0 Å². The van der Waals surface area contributed by atoms with Crippen molar-refractivity contribution < 1.29 is 200 Å². The van der Waals surface area contributed by atoms with Gasteiger partial charge in [0.05, 0.1) is 51.1 Å². The van der Waals surface area contributed by atoms with E-state index in [1.165, 1.54) is 43.4 Å². The molecule has 3 atom stereocenters. The Kier molecular flexibility index (Phi) is 44.0. The zero-order valence-corrected chi connectivity index (χ0v) is 75.6. The number of hydrogen-bond acceptors (Lipinski definition) is 20. The Bertz CT molecular complexity index is 4540. The molecule has 31 nitrogen and oxygen atoms in total. The fraction of sp³-hybridized carbons (Fsp3) is 0.434. The Morgan fingerprint density at radius 2 is 1.00 bits per heavy atom. The average Bonchev–Trinajstić information content (AvgIpc) is 1.66. The van der Waals surface area contributed by atoms with Crippen molar-refractivity contribution in [3.8, 4) is 0 Å². The van der Waals surface area contributed by atoms with Gasteiger partial charge in [-0.15, -0.1) is 11.6 Å². The van der Waals surface area contributed by atoms with Crippen LogP contribution < -0.4 is 141 Å². The van der Waals surface area contributed by atoms with Gasteiger partial charge in [0, 0.05) is 92.8 Å². The van der Waals surface area contributed by atoms with Gasteiger partial charge in [0.25, 0.3) is 18.3 Å². The van der Waals surface area contributed by atoms with Gasteiger partial charge in [0.15, 0.2) is 11.4 Å². The molecule has 0 saturated carbocycles. The molecule has 116 heavy (non-hydrogen) atoms. The molecule has 3 saturated heterocycles. The van der Waals surface area contributed by atoms with Crippen LogP contribution in [0.2, 0.25) is 15.1 Å². The van der Waals surface area contributed by atoms with E-state index >= 15 is 0 Å². The first kappa shape index (κ1) is 103. The number of carboxylic acid groups (broad SMARTS) is 1. The summed E-state index contributed by atoms with van der Waals surface area (Å²) in [5.41, 5.74) is 16.9. The van der Waals surface area contributed by atoms with Gasteiger partial charge in [-0.2, -0.15) is 10.2 Å². The molecule has 0 radical (unpaired) electrons. The number of fused-ring (bicyclic) bond motifs is 2. The number of ether oxygens (including phenoxy) is 3. The molecule has 3 aliphatic rings. The minimum atomic E-state index is -1.02. The summed E-state index contributed by atoms with van der Waals surface area (Å²) < 4.78 is 60.0. The van der Waals surface area contributed by atoms with E-state index in [2.05, 4.69) is 31.0 Å². The third-order valence-corrected chi connectivity index (χ3v) is 17.6. The predicted octanol–water partition coefficient (Wildman–Crippen LogP) is 2.73. The molecule has 3 aliphatic heterocycles. The third-order valence-electron chi connectivity index (χ3n) is 16.4. The molecule has 8 amide bonds. The quantitative estimate of drug-likeness (QED) is 0.0136. The number of amides is 8. The number of likely N-dealkylation sites (tertiary alicyclic amines) is 3. The van der Waals surface area contributed by atoms with E-state index in [0.717, 1.165) is 19.4 Å². The molecule has 10 N–H and O–H groups in total. The van der Waals surface area contributed by atoms with Crippen LogP contribution in [0, 0.1) is 17.5 Å². The van der Waals surface area contributed by atoms with Gasteiger partial charge in [-0.3, -0.25) is 47.7 Å². The number of para-hydroxylation sites is 2. The SMILES string of the molecule is CC(C)(C)OC(=O)N1CCC(N(CC(=O)NCc2cccc(Cl)c2F)C(=O)Cn2nc(C(N)=O)c3ccccc32)C1.CC(C)(C)OC(=O)N1CC[C@@H](N)C1.CC(C)(C)OC(=O)N1CC[C@H](NCC(=O)NCc2cccc(Cl)c2F)C1.NC(=O)c1nn(CC(=O)O)c2ccccc12.O=C(CCl)CCc1cccc(Cl)c1F.O=CO[O-].[H-].[K+].[K+]. The maximum absolute atomic E-state index is 14.3. The van der Waals surface area contributed by atoms with Crippen LogP contribution in [0.5, 0.6) is 0 Å². The third kappa shape index (κ3) is 34.7. The Morgan fingerprint density at radius 3 is 1.42 bits per heavy atom. The number of ketones is 1. The van der Waals surface area contributed by atoms with E-state index in [9.17, 15) is 61.1 Å². The second-order valence-electron chi connectivity index (χ2n) is 28.9. The predicted molar refractivity (Wildman–Crippen MR) is 417 cm³/mol. The number of hydrogen-bond donors (Lipinski definition) is 7. The summed E-state index contributed by atoms with van der Waals surface area (Å²) in [6, 6.07) is 27.2. The minimum absolute atomic E-state index is 0. The zero-order chi connectivity index (χ0) is 84.9. The summed E-state index contributed by atoms with van der Waals surface area (Å²) in [6.07, 6.45) is 1.52. The molecule has 622 valence electrons. The molecule has 7 aromatic rings.